The Hall–Kier alpha value is -3.00. The predicted octanol–water partition coefficient (Wildman–Crippen LogP) is 2.17. The van der Waals surface area contributed by atoms with Gasteiger partial charge in [-0.15, -0.1) is 0 Å². The molecule has 1 aliphatic rings. The number of pyridine rings is 2. The summed E-state index contributed by atoms with van der Waals surface area (Å²) in [6, 6.07) is 3.84. The number of hydrogen-bond donors (Lipinski definition) is 4. The lowest BCUT2D eigenvalue weighted by Crippen LogP contribution is -2.29. The van der Waals surface area contributed by atoms with Gasteiger partial charge in [-0.25, -0.2) is 9.97 Å². The summed E-state index contributed by atoms with van der Waals surface area (Å²) in [7, 11) is 0. The van der Waals surface area contributed by atoms with Crippen LogP contribution in [0.25, 0.3) is 10.8 Å². The Labute approximate surface area is 149 Å². The minimum absolute atomic E-state index is 0.181. The third kappa shape index (κ3) is 3.50. The zero-order valence-corrected chi connectivity index (χ0v) is 14.1. The van der Waals surface area contributed by atoms with Crippen LogP contribution in [-0.2, 0) is 0 Å². The zero-order chi connectivity index (χ0) is 17.9. The van der Waals surface area contributed by atoms with Crippen molar-refractivity contribution in [3.8, 4) is 0 Å². The van der Waals surface area contributed by atoms with Gasteiger partial charge in [0.25, 0.3) is 5.56 Å². The first-order valence-electron chi connectivity index (χ1n) is 8.69. The van der Waals surface area contributed by atoms with E-state index in [0.717, 1.165) is 31.1 Å². The number of fused-ring (bicyclic) bond motifs is 1. The normalized spacial score (nSPS) is 20.0. The number of aromatic amines is 1. The van der Waals surface area contributed by atoms with Crippen LogP contribution in [0.3, 0.4) is 0 Å². The van der Waals surface area contributed by atoms with E-state index in [1.54, 1.807) is 24.8 Å². The summed E-state index contributed by atoms with van der Waals surface area (Å²) in [5.74, 6) is 1.70. The van der Waals surface area contributed by atoms with Crippen molar-refractivity contribution in [1.29, 1.82) is 0 Å². The highest BCUT2D eigenvalue weighted by Crippen LogP contribution is 2.27. The van der Waals surface area contributed by atoms with Gasteiger partial charge >= 0.3 is 0 Å². The lowest BCUT2D eigenvalue weighted by Gasteiger charge is -2.27. The molecule has 0 spiro atoms. The van der Waals surface area contributed by atoms with Crippen LogP contribution in [0.4, 0.5) is 17.5 Å². The quantitative estimate of drug-likeness (QED) is 0.569. The average molecular weight is 352 g/mol. The highest BCUT2D eigenvalue weighted by Gasteiger charge is 2.21. The molecule has 8 heteroatoms. The number of hydrogen-bond acceptors (Lipinski definition) is 7. The highest BCUT2D eigenvalue weighted by atomic mass is 16.3. The molecular weight excluding hydrogens is 332 g/mol. The Kier molecular flexibility index (Phi) is 4.49. The van der Waals surface area contributed by atoms with E-state index in [1.807, 2.05) is 12.1 Å². The third-order valence-electron chi connectivity index (χ3n) is 4.61. The topological polar surface area (TPSA) is 116 Å². The third-order valence-corrected chi connectivity index (χ3v) is 4.61. The maximum absolute atomic E-state index is 12.3. The largest absolute Gasteiger partial charge is 0.393 e. The number of anilines is 3. The van der Waals surface area contributed by atoms with Gasteiger partial charge < -0.3 is 20.7 Å². The molecule has 3 aromatic heterocycles. The molecule has 1 saturated carbocycles. The van der Waals surface area contributed by atoms with Gasteiger partial charge in [0.15, 0.2) is 0 Å². The van der Waals surface area contributed by atoms with E-state index in [-0.39, 0.29) is 17.7 Å². The first kappa shape index (κ1) is 16.5. The minimum atomic E-state index is -0.231. The van der Waals surface area contributed by atoms with Crippen molar-refractivity contribution in [2.75, 3.05) is 10.6 Å². The first-order chi connectivity index (χ1) is 12.7. The Bertz CT molecular complexity index is 951. The molecule has 4 rings (SSSR count). The molecule has 1 fully saturated rings. The number of rotatable bonds is 4. The summed E-state index contributed by atoms with van der Waals surface area (Å²) >= 11 is 0. The van der Waals surface area contributed by atoms with Crippen LogP contribution < -0.4 is 16.2 Å². The van der Waals surface area contributed by atoms with E-state index >= 15 is 0 Å². The Morgan fingerprint density at radius 2 is 2.00 bits per heavy atom. The van der Waals surface area contributed by atoms with Crippen molar-refractivity contribution >= 4 is 28.2 Å². The molecule has 0 radical (unpaired) electrons. The number of nitrogens with zero attached hydrogens (tertiary/aromatic N) is 3. The molecule has 0 bridgehead atoms. The molecule has 3 heterocycles. The van der Waals surface area contributed by atoms with E-state index in [9.17, 15) is 9.90 Å². The van der Waals surface area contributed by atoms with Crippen LogP contribution in [0.15, 0.2) is 41.7 Å². The van der Waals surface area contributed by atoms with Gasteiger partial charge in [-0.3, -0.25) is 9.78 Å². The van der Waals surface area contributed by atoms with Crippen molar-refractivity contribution in [2.45, 2.75) is 37.8 Å². The summed E-state index contributed by atoms with van der Waals surface area (Å²) < 4.78 is 0. The van der Waals surface area contributed by atoms with E-state index in [4.69, 9.17) is 0 Å². The molecule has 0 atom stereocenters. The van der Waals surface area contributed by atoms with E-state index in [2.05, 4.69) is 30.6 Å². The second-order valence-electron chi connectivity index (χ2n) is 6.49. The molecule has 26 heavy (non-hydrogen) atoms. The maximum Gasteiger partial charge on any atom is 0.259 e. The maximum atomic E-state index is 12.3. The number of aliphatic hydroxyl groups excluding tert-OH is 1. The highest BCUT2D eigenvalue weighted by molar-refractivity contribution is 5.93. The second-order valence-corrected chi connectivity index (χ2v) is 6.49. The van der Waals surface area contributed by atoms with Gasteiger partial charge in [0.2, 0.25) is 0 Å². The van der Waals surface area contributed by atoms with Crippen molar-refractivity contribution in [2.24, 2.45) is 0 Å². The van der Waals surface area contributed by atoms with Crippen molar-refractivity contribution < 1.29 is 5.11 Å². The Balaban J connectivity index is 1.70. The van der Waals surface area contributed by atoms with Crippen molar-refractivity contribution in [3.05, 3.63) is 47.3 Å². The lowest BCUT2D eigenvalue weighted by atomic mass is 9.93. The van der Waals surface area contributed by atoms with Gasteiger partial charge in [-0.05, 0) is 43.2 Å². The van der Waals surface area contributed by atoms with Gasteiger partial charge in [0, 0.05) is 24.6 Å². The fourth-order valence-corrected chi connectivity index (χ4v) is 3.29. The summed E-state index contributed by atoms with van der Waals surface area (Å²) in [4.78, 5) is 27.9. The van der Waals surface area contributed by atoms with Crippen molar-refractivity contribution in [3.63, 3.8) is 0 Å². The van der Waals surface area contributed by atoms with Gasteiger partial charge in [-0.1, -0.05) is 0 Å². The number of aliphatic hydroxyl groups is 1. The van der Waals surface area contributed by atoms with E-state index < -0.39 is 0 Å². The van der Waals surface area contributed by atoms with Crippen LogP contribution in [0.1, 0.15) is 25.7 Å². The molecule has 4 N–H and O–H groups in total. The van der Waals surface area contributed by atoms with Crippen LogP contribution in [0, 0.1) is 0 Å². The fourth-order valence-electron chi connectivity index (χ4n) is 3.29. The first-order valence-corrected chi connectivity index (χ1v) is 8.69. The average Bonchev–Trinajstić information content (AvgIpc) is 2.64. The van der Waals surface area contributed by atoms with Gasteiger partial charge in [0.05, 0.1) is 17.7 Å². The molecule has 0 amide bonds. The lowest BCUT2D eigenvalue weighted by molar-refractivity contribution is 0.126. The Morgan fingerprint density at radius 3 is 2.77 bits per heavy atom. The molecule has 0 unspecified atom stereocenters. The van der Waals surface area contributed by atoms with E-state index in [0.29, 0.717) is 22.8 Å². The summed E-state index contributed by atoms with van der Waals surface area (Å²) in [6.07, 6.45) is 9.40. The molecule has 1 aliphatic carbocycles. The van der Waals surface area contributed by atoms with Crippen molar-refractivity contribution in [1.82, 2.24) is 19.9 Å². The summed E-state index contributed by atoms with van der Waals surface area (Å²) in [5, 5.41) is 17.5. The van der Waals surface area contributed by atoms with Crippen LogP contribution >= 0.6 is 0 Å². The molecule has 3 aromatic rings. The Morgan fingerprint density at radius 1 is 1.15 bits per heavy atom. The monoisotopic (exact) mass is 352 g/mol. The van der Waals surface area contributed by atoms with E-state index in [1.165, 1.54) is 0 Å². The summed E-state index contributed by atoms with van der Waals surface area (Å²) in [6.45, 7) is 0. The number of nitrogens with one attached hydrogen (secondary N) is 3. The molecule has 134 valence electrons. The SMILES string of the molecule is O=c1[nH]ccc2cc(Nc3cnccn3)nc(N[C@H]3CC[C@@H](O)CC3)c12. The number of aromatic nitrogens is 4. The van der Waals surface area contributed by atoms with Gasteiger partial charge in [0.1, 0.15) is 17.5 Å². The van der Waals surface area contributed by atoms with Crippen LogP contribution in [0.2, 0.25) is 0 Å². The standard InChI is InChI=1S/C18H20N6O2/c25-13-3-1-12(2-4-13)22-17-16-11(5-6-21-18(16)26)9-14(24-17)23-15-10-19-7-8-20-15/h5-10,12-13,25H,1-4H2,(H,21,26)(H2,20,22,23,24)/t12-,13+. The smallest absolute Gasteiger partial charge is 0.259 e. The molecular formula is C18H20N6O2. The fraction of sp³-hybridized carbons (Fsp3) is 0.333. The molecule has 0 aromatic carbocycles. The predicted molar refractivity (Wildman–Crippen MR) is 99.6 cm³/mol. The minimum Gasteiger partial charge on any atom is -0.393 e. The van der Waals surface area contributed by atoms with Crippen LogP contribution in [-0.4, -0.2) is 37.2 Å². The summed E-state index contributed by atoms with van der Waals surface area (Å²) in [5.41, 5.74) is -0.181. The zero-order valence-electron chi connectivity index (χ0n) is 14.1. The molecule has 0 saturated heterocycles. The van der Waals surface area contributed by atoms with Gasteiger partial charge in [-0.2, -0.15) is 0 Å². The number of H-pyrrole nitrogens is 1. The molecule has 8 nitrogen and oxygen atoms in total. The van der Waals surface area contributed by atoms with Crippen LogP contribution in [0.5, 0.6) is 0 Å². The second kappa shape index (κ2) is 7.09. The molecule has 0 aliphatic heterocycles.